The van der Waals surface area contributed by atoms with Crippen molar-refractivity contribution in [3.8, 4) is 0 Å². The van der Waals surface area contributed by atoms with Crippen LogP contribution in [-0.4, -0.2) is 11.7 Å². The summed E-state index contributed by atoms with van der Waals surface area (Å²) in [5, 5.41) is 9.68. The molecule has 0 amide bonds. The Bertz CT molecular complexity index is 370. The van der Waals surface area contributed by atoms with Gasteiger partial charge in [-0.1, -0.05) is 34.6 Å². The number of hydrogen-bond acceptors (Lipinski definition) is 1. The van der Waals surface area contributed by atoms with Crippen molar-refractivity contribution in [3.05, 3.63) is 0 Å². The van der Waals surface area contributed by atoms with Gasteiger partial charge in [-0.25, -0.2) is 0 Å². The van der Waals surface area contributed by atoms with Gasteiger partial charge in [-0.2, -0.15) is 0 Å². The summed E-state index contributed by atoms with van der Waals surface area (Å²) in [5.74, 6) is 3.00. The third-order valence-electron chi connectivity index (χ3n) is 7.90. The Kier molecular flexibility index (Phi) is 2.93. The fraction of sp³-hybridized carbons (Fsp3) is 1.00. The van der Waals surface area contributed by atoms with Gasteiger partial charge in [0.2, 0.25) is 0 Å². The minimum Gasteiger partial charge on any atom is -0.396 e. The van der Waals surface area contributed by atoms with E-state index in [0.29, 0.717) is 28.8 Å². The first-order valence-corrected chi connectivity index (χ1v) is 8.37. The molecule has 0 aliphatic heterocycles. The number of fused-ring (bicyclic) bond motifs is 1. The number of rotatable bonds is 2. The monoisotopic (exact) mass is 264 g/mol. The van der Waals surface area contributed by atoms with Gasteiger partial charge in [0.05, 0.1) is 0 Å². The second-order valence-electron chi connectivity index (χ2n) is 9.14. The predicted molar refractivity (Wildman–Crippen MR) is 79.8 cm³/mol. The molecule has 0 aromatic rings. The van der Waals surface area contributed by atoms with Crippen molar-refractivity contribution in [1.29, 1.82) is 0 Å². The average molecular weight is 264 g/mol. The van der Waals surface area contributed by atoms with Crippen LogP contribution in [0.3, 0.4) is 0 Å². The van der Waals surface area contributed by atoms with Gasteiger partial charge in [0, 0.05) is 6.61 Å². The highest BCUT2D eigenvalue weighted by Gasteiger charge is 2.69. The lowest BCUT2D eigenvalue weighted by molar-refractivity contribution is -0.117. The van der Waals surface area contributed by atoms with Crippen LogP contribution in [0.15, 0.2) is 0 Å². The summed E-state index contributed by atoms with van der Waals surface area (Å²) in [4.78, 5) is 0. The maximum Gasteiger partial charge on any atom is 0.0459 e. The zero-order chi connectivity index (χ0) is 14.1. The Hall–Kier alpha value is -0.0400. The Morgan fingerprint density at radius 3 is 2.42 bits per heavy atom. The van der Waals surface area contributed by atoms with Crippen molar-refractivity contribution < 1.29 is 5.11 Å². The first kappa shape index (κ1) is 13.9. The zero-order valence-corrected chi connectivity index (χ0v) is 13.5. The van der Waals surface area contributed by atoms with E-state index < -0.39 is 0 Å². The summed E-state index contributed by atoms with van der Waals surface area (Å²) in [5.41, 5.74) is 1.57. The fourth-order valence-corrected chi connectivity index (χ4v) is 6.65. The van der Waals surface area contributed by atoms with Crippen molar-refractivity contribution >= 4 is 0 Å². The topological polar surface area (TPSA) is 20.2 Å². The molecule has 0 aromatic carbocycles. The van der Waals surface area contributed by atoms with Gasteiger partial charge in [-0.05, 0) is 72.0 Å². The maximum atomic E-state index is 9.68. The van der Waals surface area contributed by atoms with Crippen molar-refractivity contribution in [2.24, 2.45) is 39.9 Å². The summed E-state index contributed by atoms with van der Waals surface area (Å²) >= 11 is 0. The summed E-state index contributed by atoms with van der Waals surface area (Å²) < 4.78 is 0. The first-order valence-electron chi connectivity index (χ1n) is 8.37. The second-order valence-corrected chi connectivity index (χ2v) is 9.14. The minimum atomic E-state index is 0.373. The lowest BCUT2D eigenvalue weighted by Crippen LogP contribution is -2.53. The summed E-state index contributed by atoms with van der Waals surface area (Å²) in [7, 11) is 0. The van der Waals surface area contributed by atoms with Gasteiger partial charge in [-0.15, -0.1) is 0 Å². The van der Waals surface area contributed by atoms with Gasteiger partial charge in [0.1, 0.15) is 0 Å². The summed E-state index contributed by atoms with van der Waals surface area (Å²) in [6.07, 6.45) is 7.06. The van der Waals surface area contributed by atoms with Crippen LogP contribution in [-0.2, 0) is 0 Å². The lowest BCUT2D eigenvalue weighted by Gasteiger charge is -2.60. The molecule has 1 N–H and O–H groups in total. The van der Waals surface area contributed by atoms with Crippen LogP contribution in [0.5, 0.6) is 0 Å². The maximum absolute atomic E-state index is 9.68. The van der Waals surface area contributed by atoms with E-state index in [-0.39, 0.29) is 0 Å². The van der Waals surface area contributed by atoms with E-state index in [9.17, 15) is 5.11 Å². The van der Waals surface area contributed by atoms with E-state index in [1.807, 2.05) is 0 Å². The molecule has 3 rings (SSSR count). The van der Waals surface area contributed by atoms with Crippen molar-refractivity contribution in [2.45, 2.75) is 66.7 Å². The van der Waals surface area contributed by atoms with Gasteiger partial charge >= 0.3 is 0 Å². The molecule has 3 aliphatic carbocycles. The Morgan fingerprint density at radius 1 is 1.11 bits per heavy atom. The Balaban J connectivity index is 2.05. The van der Waals surface area contributed by atoms with Gasteiger partial charge in [0.15, 0.2) is 0 Å². The first-order chi connectivity index (χ1) is 8.76. The smallest absolute Gasteiger partial charge is 0.0459 e. The second kappa shape index (κ2) is 4.00. The molecular formula is C18H32O. The van der Waals surface area contributed by atoms with Crippen molar-refractivity contribution in [1.82, 2.24) is 0 Å². The molecule has 0 heterocycles. The Morgan fingerprint density at radius 2 is 1.79 bits per heavy atom. The van der Waals surface area contributed by atoms with Crippen LogP contribution in [0.2, 0.25) is 0 Å². The molecule has 0 radical (unpaired) electrons. The van der Waals surface area contributed by atoms with Gasteiger partial charge in [0.25, 0.3) is 0 Å². The summed E-state index contributed by atoms with van der Waals surface area (Å²) in [6.45, 7) is 12.8. The van der Waals surface area contributed by atoms with Crippen LogP contribution in [0.1, 0.15) is 66.7 Å². The molecule has 0 saturated heterocycles. The highest BCUT2D eigenvalue weighted by Crippen LogP contribution is 2.76. The molecule has 3 aliphatic rings. The zero-order valence-electron chi connectivity index (χ0n) is 13.5. The summed E-state index contributed by atoms with van der Waals surface area (Å²) in [6, 6.07) is 0. The number of aliphatic hydroxyl groups is 1. The standard InChI is InChI=1S/C18H32O/c1-12(11-19)14-7-8-16(2,3)18-9-6-13(10-18)17(4,5)15(14)18/h12-15,19H,6-11H2,1-5H3/t12?,13-,14?,15?,18-/m0/s1. The molecule has 2 bridgehead atoms. The van der Waals surface area contributed by atoms with E-state index in [0.717, 1.165) is 17.8 Å². The lowest BCUT2D eigenvalue weighted by atomic mass is 9.45. The third-order valence-corrected chi connectivity index (χ3v) is 7.90. The molecule has 1 heteroatoms. The van der Waals surface area contributed by atoms with E-state index in [2.05, 4.69) is 34.6 Å². The largest absolute Gasteiger partial charge is 0.396 e. The van der Waals surface area contributed by atoms with E-state index in [1.165, 1.54) is 32.1 Å². The fourth-order valence-electron chi connectivity index (χ4n) is 6.65. The van der Waals surface area contributed by atoms with Crippen LogP contribution in [0, 0.1) is 39.9 Å². The van der Waals surface area contributed by atoms with Crippen LogP contribution < -0.4 is 0 Å². The number of hydrogen-bond donors (Lipinski definition) is 1. The van der Waals surface area contributed by atoms with Crippen LogP contribution in [0.4, 0.5) is 0 Å². The minimum absolute atomic E-state index is 0.373. The SMILES string of the molecule is CC(CO)C1CCC(C)(C)[C@@]23CC[C@@H](C2)C(C)(C)C13. The normalized spacial score (nSPS) is 48.0. The molecule has 3 saturated carbocycles. The molecular weight excluding hydrogens is 232 g/mol. The molecule has 3 fully saturated rings. The van der Waals surface area contributed by atoms with Crippen LogP contribution in [0.25, 0.3) is 0 Å². The molecule has 1 nitrogen and oxygen atoms in total. The van der Waals surface area contributed by atoms with Crippen molar-refractivity contribution in [3.63, 3.8) is 0 Å². The highest BCUT2D eigenvalue weighted by atomic mass is 16.3. The predicted octanol–water partition coefficient (Wildman–Crippen LogP) is 4.49. The van der Waals surface area contributed by atoms with Crippen LogP contribution >= 0.6 is 0 Å². The van der Waals surface area contributed by atoms with E-state index in [4.69, 9.17) is 0 Å². The highest BCUT2D eigenvalue weighted by molar-refractivity contribution is 5.18. The average Bonchev–Trinajstić information content (AvgIpc) is 2.86. The quantitative estimate of drug-likeness (QED) is 0.779. The molecule has 19 heavy (non-hydrogen) atoms. The molecule has 110 valence electrons. The molecule has 3 unspecified atom stereocenters. The Labute approximate surface area is 119 Å². The van der Waals surface area contributed by atoms with Gasteiger partial charge < -0.3 is 5.11 Å². The van der Waals surface area contributed by atoms with Gasteiger partial charge in [-0.3, -0.25) is 0 Å². The molecule has 5 atom stereocenters. The molecule has 0 aromatic heterocycles. The third kappa shape index (κ3) is 1.57. The molecule has 1 spiro atoms. The van der Waals surface area contributed by atoms with Crippen molar-refractivity contribution in [2.75, 3.05) is 6.61 Å². The number of aliphatic hydroxyl groups excluding tert-OH is 1. The van der Waals surface area contributed by atoms with E-state index in [1.54, 1.807) is 0 Å². The van der Waals surface area contributed by atoms with E-state index >= 15 is 0 Å².